The Morgan fingerprint density at radius 3 is 2.48 bits per heavy atom. The number of fused-ring (bicyclic) bond motifs is 3. The summed E-state index contributed by atoms with van der Waals surface area (Å²) in [6.45, 7) is 9.05. The maximum atomic E-state index is 11.6. The van der Waals surface area contributed by atoms with Gasteiger partial charge in [0.1, 0.15) is 5.82 Å². The Morgan fingerprint density at radius 2 is 1.81 bits per heavy atom. The van der Waals surface area contributed by atoms with Gasteiger partial charge in [-0.25, -0.2) is 9.97 Å². The van der Waals surface area contributed by atoms with Gasteiger partial charge < -0.3 is 10.2 Å². The summed E-state index contributed by atoms with van der Waals surface area (Å²) >= 11 is 0. The number of amides is 1. The molecule has 0 aromatic carbocycles. The first-order valence-corrected chi connectivity index (χ1v) is 12.6. The Bertz CT molecular complexity index is 784. The van der Waals surface area contributed by atoms with Crippen LogP contribution >= 0.6 is 0 Å². The molecule has 0 radical (unpaired) electrons. The summed E-state index contributed by atoms with van der Waals surface area (Å²) in [5, 5.41) is 3.84. The molecule has 5 heterocycles. The Hall–Kier alpha value is -1.53. The van der Waals surface area contributed by atoms with Crippen molar-refractivity contribution in [3.05, 3.63) is 23.3 Å². The summed E-state index contributed by atoms with van der Waals surface area (Å²) in [6.07, 6.45) is 10.1. The number of aromatic nitrogens is 2. The molecule has 1 aromatic rings. The van der Waals surface area contributed by atoms with Crippen molar-refractivity contribution < 1.29 is 4.79 Å². The summed E-state index contributed by atoms with van der Waals surface area (Å²) in [5.41, 5.74) is 2.62. The van der Waals surface area contributed by atoms with Gasteiger partial charge in [-0.3, -0.25) is 9.69 Å². The van der Waals surface area contributed by atoms with Crippen LogP contribution in [0.15, 0.2) is 6.07 Å². The molecule has 1 saturated carbocycles. The van der Waals surface area contributed by atoms with Crippen molar-refractivity contribution in [3.8, 4) is 0 Å². The van der Waals surface area contributed by atoms with Crippen LogP contribution in [0, 0.1) is 12.8 Å². The second-order valence-electron chi connectivity index (χ2n) is 10.5. The molecule has 4 atom stereocenters. The lowest BCUT2D eigenvalue weighted by atomic mass is 9.74. The monoisotopic (exact) mass is 425 g/mol. The van der Waals surface area contributed by atoms with E-state index in [-0.39, 0.29) is 5.91 Å². The second kappa shape index (κ2) is 9.14. The fourth-order valence-corrected chi connectivity index (χ4v) is 6.62. The third-order valence-corrected chi connectivity index (χ3v) is 8.49. The van der Waals surface area contributed by atoms with Gasteiger partial charge in [-0.1, -0.05) is 12.8 Å². The van der Waals surface area contributed by atoms with Crippen molar-refractivity contribution in [2.45, 2.75) is 89.1 Å². The average molecular weight is 426 g/mol. The van der Waals surface area contributed by atoms with E-state index < -0.39 is 0 Å². The lowest BCUT2D eigenvalue weighted by Gasteiger charge is -2.50. The highest BCUT2D eigenvalue weighted by Gasteiger charge is 2.41. The fraction of sp³-hybridized carbons (Fsp3) is 0.800. The van der Waals surface area contributed by atoms with Crippen LogP contribution in [-0.2, 0) is 4.79 Å². The van der Waals surface area contributed by atoms with Crippen molar-refractivity contribution in [3.63, 3.8) is 0 Å². The lowest BCUT2D eigenvalue weighted by Crippen LogP contribution is -2.57. The number of carbonyl (C=O) groups is 1. The van der Waals surface area contributed by atoms with E-state index in [9.17, 15) is 4.79 Å². The first-order valence-electron chi connectivity index (χ1n) is 12.6. The molecular formula is C25H39N5O. The molecule has 5 fully saturated rings. The molecule has 1 amide bonds. The topological polar surface area (TPSA) is 61.4 Å². The molecule has 1 aliphatic carbocycles. The van der Waals surface area contributed by atoms with Crippen LogP contribution in [0.4, 0.5) is 0 Å². The predicted octanol–water partition coefficient (Wildman–Crippen LogP) is 3.22. The van der Waals surface area contributed by atoms with Crippen molar-refractivity contribution >= 4 is 5.91 Å². The van der Waals surface area contributed by atoms with E-state index >= 15 is 0 Å². The number of aryl methyl sites for hydroxylation is 1. The molecule has 0 spiro atoms. The molecule has 6 rings (SSSR count). The molecule has 1 N–H and O–H groups in total. The number of hydrogen-bond donors (Lipinski definition) is 1. The smallest absolute Gasteiger partial charge is 0.219 e. The summed E-state index contributed by atoms with van der Waals surface area (Å²) < 4.78 is 0. The van der Waals surface area contributed by atoms with Crippen LogP contribution in [0.5, 0.6) is 0 Å². The molecule has 4 aliphatic heterocycles. The van der Waals surface area contributed by atoms with Crippen LogP contribution in [0.2, 0.25) is 0 Å². The number of hydrogen-bond acceptors (Lipinski definition) is 5. The zero-order valence-corrected chi connectivity index (χ0v) is 19.4. The molecule has 170 valence electrons. The van der Waals surface area contributed by atoms with Crippen LogP contribution in [0.25, 0.3) is 0 Å². The van der Waals surface area contributed by atoms with Gasteiger partial charge in [-0.05, 0) is 64.0 Å². The number of nitrogens with one attached hydrogen (secondary N) is 1. The van der Waals surface area contributed by atoms with Crippen molar-refractivity contribution in [2.24, 2.45) is 5.92 Å². The second-order valence-corrected chi connectivity index (χ2v) is 10.5. The van der Waals surface area contributed by atoms with E-state index in [0.29, 0.717) is 23.9 Å². The van der Waals surface area contributed by atoms with Gasteiger partial charge in [0.05, 0.1) is 0 Å². The molecule has 31 heavy (non-hydrogen) atoms. The summed E-state index contributed by atoms with van der Waals surface area (Å²) in [6, 6.07) is 3.58. The molecule has 1 unspecified atom stereocenters. The zero-order chi connectivity index (χ0) is 21.4. The summed E-state index contributed by atoms with van der Waals surface area (Å²) in [5.74, 6) is 3.17. The van der Waals surface area contributed by atoms with Crippen LogP contribution in [0.1, 0.15) is 87.3 Å². The van der Waals surface area contributed by atoms with Gasteiger partial charge in [-0.15, -0.1) is 0 Å². The fourth-order valence-electron chi connectivity index (χ4n) is 6.62. The Labute approximate surface area is 187 Å². The van der Waals surface area contributed by atoms with Gasteiger partial charge >= 0.3 is 0 Å². The third-order valence-electron chi connectivity index (χ3n) is 8.49. The zero-order valence-electron chi connectivity index (χ0n) is 19.4. The number of nitrogens with zero attached hydrogens (tertiary/aromatic N) is 4. The van der Waals surface area contributed by atoms with E-state index in [1.807, 2.05) is 4.90 Å². The molecule has 4 saturated heterocycles. The molecule has 2 bridgehead atoms. The quantitative estimate of drug-likeness (QED) is 0.785. The highest BCUT2D eigenvalue weighted by Crippen LogP contribution is 2.42. The number of piperidine rings is 4. The maximum Gasteiger partial charge on any atom is 0.219 e. The maximum absolute atomic E-state index is 11.6. The minimum Gasteiger partial charge on any atom is -0.343 e. The van der Waals surface area contributed by atoms with Gasteiger partial charge in [0.15, 0.2) is 0 Å². The average Bonchev–Trinajstić information content (AvgIpc) is 3.33. The van der Waals surface area contributed by atoms with E-state index in [1.165, 1.54) is 56.5 Å². The number of carbonyl (C=O) groups excluding carboxylic acids is 1. The van der Waals surface area contributed by atoms with E-state index in [2.05, 4.69) is 23.2 Å². The van der Waals surface area contributed by atoms with E-state index in [0.717, 1.165) is 50.8 Å². The standard InChI is InChI=1S/C25H39N5O/c1-17-27-24(19-5-3-4-6-19)14-25(28-17)23-16-30-10-7-20(23)13-22(30)15-26-21-8-11-29(12-9-21)18(2)31/h14,19-23,26H,3-13,15-16H2,1-2H3/t20-,22+,23+/m0/s1. The van der Waals surface area contributed by atoms with Gasteiger partial charge in [0.2, 0.25) is 5.91 Å². The lowest BCUT2D eigenvalue weighted by molar-refractivity contribution is -0.129. The minimum absolute atomic E-state index is 0.219. The van der Waals surface area contributed by atoms with Crippen LogP contribution in [-0.4, -0.2) is 70.5 Å². The highest BCUT2D eigenvalue weighted by molar-refractivity contribution is 5.73. The van der Waals surface area contributed by atoms with Gasteiger partial charge in [0, 0.05) is 68.4 Å². The SMILES string of the molecule is CC(=O)N1CCC(NC[C@H]2C[C@@H]3CCN2C[C@H]3c2cc(C3CCCC3)nc(C)n2)CC1. The van der Waals surface area contributed by atoms with E-state index in [4.69, 9.17) is 9.97 Å². The molecule has 5 aliphatic rings. The Morgan fingerprint density at radius 1 is 1.06 bits per heavy atom. The summed E-state index contributed by atoms with van der Waals surface area (Å²) in [4.78, 5) is 26.0. The van der Waals surface area contributed by atoms with Crippen molar-refractivity contribution in [1.82, 2.24) is 25.1 Å². The van der Waals surface area contributed by atoms with Crippen molar-refractivity contribution in [2.75, 3.05) is 32.7 Å². The first-order chi connectivity index (χ1) is 15.1. The number of rotatable bonds is 5. The minimum atomic E-state index is 0.219. The largest absolute Gasteiger partial charge is 0.343 e. The predicted molar refractivity (Wildman–Crippen MR) is 122 cm³/mol. The van der Waals surface area contributed by atoms with Crippen LogP contribution < -0.4 is 5.32 Å². The number of likely N-dealkylation sites (tertiary alicyclic amines) is 1. The summed E-state index contributed by atoms with van der Waals surface area (Å²) in [7, 11) is 0. The third kappa shape index (κ3) is 4.65. The first kappa shape index (κ1) is 21.3. The molecule has 6 heteroatoms. The highest BCUT2D eigenvalue weighted by atomic mass is 16.2. The van der Waals surface area contributed by atoms with E-state index in [1.54, 1.807) is 6.92 Å². The van der Waals surface area contributed by atoms with Crippen LogP contribution in [0.3, 0.4) is 0 Å². The Balaban J connectivity index is 1.18. The molecule has 6 nitrogen and oxygen atoms in total. The molecule has 1 aromatic heterocycles. The van der Waals surface area contributed by atoms with Crippen molar-refractivity contribution in [1.29, 1.82) is 0 Å². The Kier molecular flexibility index (Phi) is 6.29. The normalized spacial score (nSPS) is 32.0. The van der Waals surface area contributed by atoms with Gasteiger partial charge in [-0.2, -0.15) is 0 Å². The molecular weight excluding hydrogens is 386 g/mol. The van der Waals surface area contributed by atoms with Gasteiger partial charge in [0.25, 0.3) is 0 Å².